The fourth-order valence-electron chi connectivity index (χ4n) is 3.50. The van der Waals surface area contributed by atoms with Crippen LogP contribution in [0.2, 0.25) is 5.02 Å². The summed E-state index contributed by atoms with van der Waals surface area (Å²) in [6, 6.07) is 4.33. The van der Waals surface area contributed by atoms with Crippen LogP contribution in [0.4, 0.5) is 4.39 Å². The normalized spacial score (nSPS) is 18.4. The fraction of sp³-hybridized carbons (Fsp3) is 0.474. The number of aromatic nitrogens is 1. The van der Waals surface area contributed by atoms with Crippen molar-refractivity contribution in [3.8, 4) is 5.75 Å². The minimum absolute atomic E-state index is 0.00896. The highest BCUT2D eigenvalue weighted by Crippen LogP contribution is 2.26. The standard InChI is InChI=1S/C19H21ClFN3O3/c20-15-8-13(21)4-5-17(15)26-12-18-22-16(11-27-18)19(25)24-9-14(10-24)23-6-2-1-3-7-23/h4-5,8,11,14H,1-3,6-7,9-10,12H2. The van der Waals surface area contributed by atoms with Crippen LogP contribution in [-0.4, -0.2) is 52.9 Å². The van der Waals surface area contributed by atoms with Gasteiger partial charge in [0.25, 0.3) is 5.91 Å². The van der Waals surface area contributed by atoms with Gasteiger partial charge >= 0.3 is 0 Å². The molecule has 2 saturated heterocycles. The van der Waals surface area contributed by atoms with Crippen LogP contribution >= 0.6 is 11.6 Å². The molecule has 0 N–H and O–H groups in total. The summed E-state index contributed by atoms with van der Waals surface area (Å²) in [4.78, 5) is 21.0. The van der Waals surface area contributed by atoms with Gasteiger partial charge in [-0.15, -0.1) is 0 Å². The van der Waals surface area contributed by atoms with Gasteiger partial charge in [-0.3, -0.25) is 9.69 Å². The van der Waals surface area contributed by atoms with E-state index in [1.165, 1.54) is 43.7 Å². The van der Waals surface area contributed by atoms with Crippen molar-refractivity contribution in [2.24, 2.45) is 0 Å². The summed E-state index contributed by atoms with van der Waals surface area (Å²) in [6.07, 6.45) is 5.14. The van der Waals surface area contributed by atoms with Crippen LogP contribution in [0.1, 0.15) is 35.6 Å². The van der Waals surface area contributed by atoms with Crippen molar-refractivity contribution in [2.75, 3.05) is 26.2 Å². The van der Waals surface area contributed by atoms with E-state index in [1.54, 1.807) is 4.90 Å². The third kappa shape index (κ3) is 4.09. The van der Waals surface area contributed by atoms with Gasteiger partial charge in [0.1, 0.15) is 17.8 Å². The predicted molar refractivity (Wildman–Crippen MR) is 97.4 cm³/mol. The first-order valence-corrected chi connectivity index (χ1v) is 9.53. The Hall–Kier alpha value is -2.12. The first-order chi connectivity index (χ1) is 13.1. The van der Waals surface area contributed by atoms with Gasteiger partial charge in [-0.2, -0.15) is 0 Å². The fourth-order valence-corrected chi connectivity index (χ4v) is 3.73. The number of carbonyl (C=O) groups excluding carboxylic acids is 1. The van der Waals surface area contributed by atoms with Gasteiger partial charge in [-0.25, -0.2) is 9.37 Å². The van der Waals surface area contributed by atoms with Crippen molar-refractivity contribution < 1.29 is 18.3 Å². The summed E-state index contributed by atoms with van der Waals surface area (Å²) in [5.74, 6) is 0.0370. The number of hydrogen-bond acceptors (Lipinski definition) is 5. The van der Waals surface area contributed by atoms with Crippen molar-refractivity contribution in [1.82, 2.24) is 14.8 Å². The monoisotopic (exact) mass is 393 g/mol. The topological polar surface area (TPSA) is 58.8 Å². The molecule has 144 valence electrons. The van der Waals surface area contributed by atoms with Gasteiger partial charge in [0.15, 0.2) is 12.3 Å². The zero-order valence-corrected chi connectivity index (χ0v) is 15.6. The van der Waals surface area contributed by atoms with Crippen LogP contribution in [0.5, 0.6) is 5.75 Å². The third-order valence-corrected chi connectivity index (χ3v) is 5.37. The minimum atomic E-state index is -0.436. The summed E-state index contributed by atoms with van der Waals surface area (Å²) in [7, 11) is 0. The van der Waals surface area contributed by atoms with Crippen LogP contribution in [0.25, 0.3) is 0 Å². The Morgan fingerprint density at radius 2 is 2.07 bits per heavy atom. The number of oxazole rings is 1. The Kier molecular flexibility index (Phi) is 5.31. The lowest BCUT2D eigenvalue weighted by molar-refractivity contribution is 0.0199. The van der Waals surface area contributed by atoms with E-state index < -0.39 is 5.82 Å². The van der Waals surface area contributed by atoms with E-state index in [0.717, 1.165) is 26.2 Å². The van der Waals surface area contributed by atoms with Crippen molar-refractivity contribution in [1.29, 1.82) is 0 Å². The Labute approximate surface area is 161 Å². The summed E-state index contributed by atoms with van der Waals surface area (Å²) >= 11 is 5.92. The number of amides is 1. The molecule has 0 radical (unpaired) electrons. The summed E-state index contributed by atoms with van der Waals surface area (Å²) < 4.78 is 23.9. The first-order valence-electron chi connectivity index (χ1n) is 9.16. The molecule has 1 amide bonds. The number of hydrogen-bond donors (Lipinski definition) is 0. The quantitative estimate of drug-likeness (QED) is 0.779. The number of benzene rings is 1. The van der Waals surface area contributed by atoms with Crippen LogP contribution in [0.15, 0.2) is 28.9 Å². The minimum Gasteiger partial charge on any atom is -0.482 e. The molecule has 3 heterocycles. The maximum atomic E-state index is 13.0. The van der Waals surface area contributed by atoms with E-state index in [9.17, 15) is 9.18 Å². The van der Waals surface area contributed by atoms with Gasteiger partial charge in [-0.1, -0.05) is 18.0 Å². The van der Waals surface area contributed by atoms with Crippen LogP contribution in [0.3, 0.4) is 0 Å². The average molecular weight is 394 g/mol. The molecule has 1 aromatic carbocycles. The Morgan fingerprint density at radius 3 is 2.81 bits per heavy atom. The molecule has 1 aromatic heterocycles. The second-order valence-electron chi connectivity index (χ2n) is 6.95. The van der Waals surface area contributed by atoms with E-state index >= 15 is 0 Å². The van der Waals surface area contributed by atoms with Crippen molar-refractivity contribution >= 4 is 17.5 Å². The molecule has 8 heteroatoms. The number of halogens is 2. The van der Waals surface area contributed by atoms with Gasteiger partial charge < -0.3 is 14.1 Å². The van der Waals surface area contributed by atoms with Crippen molar-refractivity contribution in [3.05, 3.63) is 46.9 Å². The number of rotatable bonds is 5. The molecule has 0 bridgehead atoms. The molecule has 6 nitrogen and oxygen atoms in total. The number of likely N-dealkylation sites (tertiary alicyclic amines) is 2. The zero-order chi connectivity index (χ0) is 18.8. The lowest BCUT2D eigenvalue weighted by atomic mass is 10.0. The smallest absolute Gasteiger partial charge is 0.275 e. The van der Waals surface area contributed by atoms with Gasteiger partial charge in [0.2, 0.25) is 5.89 Å². The van der Waals surface area contributed by atoms with Crippen molar-refractivity contribution in [2.45, 2.75) is 31.9 Å². The second-order valence-corrected chi connectivity index (χ2v) is 7.36. The summed E-state index contributed by atoms with van der Waals surface area (Å²) in [5, 5.41) is 0.169. The maximum Gasteiger partial charge on any atom is 0.275 e. The molecule has 0 aliphatic carbocycles. The highest BCUT2D eigenvalue weighted by molar-refractivity contribution is 6.32. The molecule has 2 aliphatic rings. The summed E-state index contributed by atoms with van der Waals surface area (Å²) in [6.45, 7) is 3.74. The molecule has 27 heavy (non-hydrogen) atoms. The van der Waals surface area contributed by atoms with Gasteiger partial charge in [0.05, 0.1) is 5.02 Å². The van der Waals surface area contributed by atoms with Crippen molar-refractivity contribution in [3.63, 3.8) is 0 Å². The van der Waals surface area contributed by atoms with Crippen LogP contribution < -0.4 is 4.74 Å². The average Bonchev–Trinajstić information content (AvgIpc) is 3.10. The highest BCUT2D eigenvalue weighted by Gasteiger charge is 2.36. The Balaban J connectivity index is 1.29. The SMILES string of the molecule is O=C(c1coc(COc2ccc(F)cc2Cl)n1)N1CC(N2CCCCC2)C1. The Morgan fingerprint density at radius 1 is 1.30 bits per heavy atom. The molecule has 0 spiro atoms. The molecule has 0 unspecified atom stereocenters. The van der Waals surface area contributed by atoms with E-state index in [2.05, 4.69) is 9.88 Å². The largest absolute Gasteiger partial charge is 0.482 e. The second kappa shape index (κ2) is 7.86. The van der Waals surface area contributed by atoms with Gasteiger partial charge in [0, 0.05) is 19.1 Å². The van der Waals surface area contributed by atoms with E-state index in [1.807, 2.05) is 0 Å². The van der Waals surface area contributed by atoms with Crippen LogP contribution in [-0.2, 0) is 6.61 Å². The number of carbonyl (C=O) groups is 1. The lowest BCUT2D eigenvalue weighted by Gasteiger charge is -2.46. The third-order valence-electron chi connectivity index (χ3n) is 5.07. The molecular formula is C19H21ClFN3O3. The van der Waals surface area contributed by atoms with E-state index in [-0.39, 0.29) is 29.1 Å². The maximum absolute atomic E-state index is 13.0. The number of nitrogens with zero attached hydrogens (tertiary/aromatic N) is 3. The molecule has 0 saturated carbocycles. The van der Waals surface area contributed by atoms with Crippen LogP contribution in [0, 0.1) is 5.82 Å². The summed E-state index contributed by atoms with van der Waals surface area (Å²) in [5.41, 5.74) is 0.274. The zero-order valence-electron chi connectivity index (χ0n) is 14.9. The molecule has 2 fully saturated rings. The number of ether oxygens (including phenoxy) is 1. The molecular weight excluding hydrogens is 373 g/mol. The molecule has 4 rings (SSSR count). The first kappa shape index (κ1) is 18.3. The molecule has 0 atom stereocenters. The molecule has 2 aliphatic heterocycles. The van der Waals surface area contributed by atoms with Gasteiger partial charge in [-0.05, 0) is 44.1 Å². The predicted octanol–water partition coefficient (Wildman–Crippen LogP) is 3.36. The Bertz CT molecular complexity index is 816. The lowest BCUT2D eigenvalue weighted by Crippen LogP contribution is -2.61. The number of piperidine rings is 1. The van der Waals surface area contributed by atoms with E-state index in [4.69, 9.17) is 20.8 Å². The van der Waals surface area contributed by atoms with E-state index in [0.29, 0.717) is 11.8 Å². The highest BCUT2D eigenvalue weighted by atomic mass is 35.5. The molecule has 2 aromatic rings.